The van der Waals surface area contributed by atoms with E-state index in [0.29, 0.717) is 0 Å². The minimum absolute atomic E-state index is 0.0535. The lowest BCUT2D eigenvalue weighted by molar-refractivity contribution is 0.188. The van der Waals surface area contributed by atoms with E-state index in [4.69, 9.17) is 0 Å². The molecule has 16 heavy (non-hydrogen) atoms. The van der Waals surface area contributed by atoms with Gasteiger partial charge in [0.05, 0.1) is 6.10 Å². The van der Waals surface area contributed by atoms with E-state index < -0.39 is 0 Å². The van der Waals surface area contributed by atoms with E-state index in [1.807, 2.05) is 0 Å². The Morgan fingerprint density at radius 1 is 1.31 bits per heavy atom. The van der Waals surface area contributed by atoms with Crippen molar-refractivity contribution >= 4 is 5.69 Å². The first-order valence-corrected chi connectivity index (χ1v) is 5.93. The van der Waals surface area contributed by atoms with Gasteiger partial charge in [-0.15, -0.1) is 0 Å². The Hall–Kier alpha value is -1.02. The molecule has 1 aromatic rings. The Kier molecular flexibility index (Phi) is 2.70. The second-order valence-corrected chi connectivity index (χ2v) is 5.57. The number of nitrogens with zero attached hydrogens (tertiary/aromatic N) is 1. The predicted molar refractivity (Wildman–Crippen MR) is 68.0 cm³/mol. The lowest BCUT2D eigenvalue weighted by atomic mass is 9.99. The third-order valence-electron chi connectivity index (χ3n) is 3.51. The maximum Gasteiger partial charge on any atom is 0.0737 e. The maximum absolute atomic E-state index is 9.82. The van der Waals surface area contributed by atoms with Crippen molar-refractivity contribution in [1.29, 1.82) is 0 Å². The van der Waals surface area contributed by atoms with Crippen molar-refractivity contribution in [2.75, 3.05) is 11.4 Å². The zero-order valence-corrected chi connectivity index (χ0v) is 10.6. The molecule has 0 aliphatic carbocycles. The Labute approximate surface area is 97.9 Å². The van der Waals surface area contributed by atoms with Crippen LogP contribution in [0.4, 0.5) is 5.69 Å². The van der Waals surface area contributed by atoms with E-state index in [0.717, 1.165) is 13.0 Å². The monoisotopic (exact) mass is 219 g/mol. The van der Waals surface area contributed by atoms with Gasteiger partial charge in [-0.3, -0.25) is 0 Å². The lowest BCUT2D eigenvalue weighted by Crippen LogP contribution is -2.38. The molecular formula is C14H21NO. The first kappa shape index (κ1) is 11.5. The average molecular weight is 219 g/mol. The van der Waals surface area contributed by atoms with Gasteiger partial charge in [0.25, 0.3) is 0 Å². The number of aryl methyl sites for hydroxylation is 2. The number of β-amino-alcohol motifs (C(OH)–C–C–N with tert-alkyl or cyclic N) is 1. The molecule has 1 aromatic carbocycles. The highest BCUT2D eigenvalue weighted by atomic mass is 16.3. The van der Waals surface area contributed by atoms with Crippen LogP contribution in [-0.4, -0.2) is 23.3 Å². The van der Waals surface area contributed by atoms with Crippen molar-refractivity contribution in [2.45, 2.75) is 45.8 Å². The van der Waals surface area contributed by atoms with Crippen LogP contribution >= 0.6 is 0 Å². The molecular weight excluding hydrogens is 198 g/mol. The van der Waals surface area contributed by atoms with Crippen LogP contribution in [0.3, 0.4) is 0 Å². The molecule has 1 aliphatic heterocycles. The van der Waals surface area contributed by atoms with Crippen molar-refractivity contribution in [3.05, 3.63) is 29.3 Å². The molecule has 1 aliphatic rings. The van der Waals surface area contributed by atoms with Gasteiger partial charge < -0.3 is 10.0 Å². The Morgan fingerprint density at radius 2 is 2.00 bits per heavy atom. The summed E-state index contributed by atoms with van der Waals surface area (Å²) < 4.78 is 0. The topological polar surface area (TPSA) is 23.5 Å². The highest BCUT2D eigenvalue weighted by molar-refractivity contribution is 5.57. The smallest absolute Gasteiger partial charge is 0.0737 e. The van der Waals surface area contributed by atoms with Crippen LogP contribution in [-0.2, 0) is 0 Å². The molecule has 88 valence electrons. The third-order valence-corrected chi connectivity index (χ3v) is 3.51. The number of anilines is 1. The number of hydrogen-bond acceptors (Lipinski definition) is 2. The fourth-order valence-corrected chi connectivity index (χ4v) is 2.64. The zero-order valence-electron chi connectivity index (χ0n) is 10.6. The summed E-state index contributed by atoms with van der Waals surface area (Å²) in [5.74, 6) is 0. The van der Waals surface area contributed by atoms with Gasteiger partial charge in [0.2, 0.25) is 0 Å². The average Bonchev–Trinajstić information content (AvgIpc) is 2.43. The highest BCUT2D eigenvalue weighted by Gasteiger charge is 2.37. The Morgan fingerprint density at radius 3 is 2.56 bits per heavy atom. The van der Waals surface area contributed by atoms with E-state index in [9.17, 15) is 5.11 Å². The van der Waals surface area contributed by atoms with Gasteiger partial charge in [0, 0.05) is 17.8 Å². The van der Waals surface area contributed by atoms with E-state index in [1.54, 1.807) is 0 Å². The second kappa shape index (κ2) is 3.77. The van der Waals surface area contributed by atoms with Gasteiger partial charge in [0.15, 0.2) is 0 Å². The molecule has 0 amide bonds. The summed E-state index contributed by atoms with van der Waals surface area (Å²) in [6, 6.07) is 6.51. The number of aliphatic hydroxyl groups excluding tert-OH is 1. The van der Waals surface area contributed by atoms with Crippen LogP contribution in [0.15, 0.2) is 18.2 Å². The molecule has 2 heteroatoms. The number of rotatable bonds is 1. The lowest BCUT2D eigenvalue weighted by Gasteiger charge is -2.34. The SMILES string of the molecule is Cc1ccc(C)c(N2CC(O)CC2(C)C)c1. The van der Waals surface area contributed by atoms with E-state index in [-0.39, 0.29) is 11.6 Å². The van der Waals surface area contributed by atoms with E-state index >= 15 is 0 Å². The van der Waals surface area contributed by atoms with Gasteiger partial charge in [-0.2, -0.15) is 0 Å². The molecule has 2 nitrogen and oxygen atoms in total. The minimum Gasteiger partial charge on any atom is -0.391 e. The van der Waals surface area contributed by atoms with E-state index in [2.05, 4.69) is 50.8 Å². The molecule has 0 radical (unpaired) electrons. The number of benzene rings is 1. The molecule has 1 heterocycles. The van der Waals surface area contributed by atoms with Crippen LogP contribution in [0.5, 0.6) is 0 Å². The molecule has 2 rings (SSSR count). The fourth-order valence-electron chi connectivity index (χ4n) is 2.64. The standard InChI is InChI=1S/C14H21NO/c1-10-5-6-11(2)13(7-10)15-9-12(16)8-14(15,3)4/h5-7,12,16H,8-9H2,1-4H3. The van der Waals surface area contributed by atoms with Crippen LogP contribution in [0.1, 0.15) is 31.4 Å². The highest BCUT2D eigenvalue weighted by Crippen LogP contribution is 2.35. The largest absolute Gasteiger partial charge is 0.391 e. The first-order valence-electron chi connectivity index (χ1n) is 5.93. The summed E-state index contributed by atoms with van der Waals surface area (Å²) in [6.07, 6.45) is 0.648. The van der Waals surface area contributed by atoms with Crippen molar-refractivity contribution in [3.8, 4) is 0 Å². The summed E-state index contributed by atoms with van der Waals surface area (Å²) in [6.45, 7) is 9.39. The number of hydrogen-bond donors (Lipinski definition) is 1. The zero-order chi connectivity index (χ0) is 11.9. The summed E-state index contributed by atoms with van der Waals surface area (Å²) in [7, 11) is 0. The van der Waals surface area contributed by atoms with Crippen molar-refractivity contribution < 1.29 is 5.11 Å². The molecule has 0 aromatic heterocycles. The van der Waals surface area contributed by atoms with Crippen molar-refractivity contribution in [2.24, 2.45) is 0 Å². The Bertz CT molecular complexity index is 398. The van der Waals surface area contributed by atoms with Crippen LogP contribution < -0.4 is 4.90 Å². The molecule has 1 saturated heterocycles. The minimum atomic E-state index is -0.199. The Balaban J connectivity index is 2.40. The van der Waals surface area contributed by atoms with Crippen LogP contribution in [0.2, 0.25) is 0 Å². The molecule has 0 saturated carbocycles. The first-order chi connectivity index (χ1) is 7.40. The molecule has 0 bridgehead atoms. The summed E-state index contributed by atoms with van der Waals surface area (Å²) in [5, 5.41) is 9.82. The molecule has 0 spiro atoms. The number of aliphatic hydroxyl groups is 1. The molecule has 1 atom stereocenters. The molecule has 1 N–H and O–H groups in total. The molecule has 1 fully saturated rings. The van der Waals surface area contributed by atoms with Gasteiger partial charge in [-0.05, 0) is 51.3 Å². The normalized spacial score (nSPS) is 23.8. The molecule has 1 unspecified atom stereocenters. The van der Waals surface area contributed by atoms with Crippen molar-refractivity contribution in [3.63, 3.8) is 0 Å². The predicted octanol–water partition coefficient (Wildman–Crippen LogP) is 2.65. The summed E-state index contributed by atoms with van der Waals surface area (Å²) in [4.78, 5) is 2.33. The summed E-state index contributed by atoms with van der Waals surface area (Å²) >= 11 is 0. The van der Waals surface area contributed by atoms with Gasteiger partial charge in [-0.25, -0.2) is 0 Å². The van der Waals surface area contributed by atoms with Crippen LogP contribution in [0.25, 0.3) is 0 Å². The summed E-state index contributed by atoms with van der Waals surface area (Å²) in [5.41, 5.74) is 3.88. The van der Waals surface area contributed by atoms with Crippen molar-refractivity contribution in [1.82, 2.24) is 0 Å². The van der Waals surface area contributed by atoms with Gasteiger partial charge in [-0.1, -0.05) is 12.1 Å². The van der Waals surface area contributed by atoms with Gasteiger partial charge >= 0.3 is 0 Å². The van der Waals surface area contributed by atoms with Crippen LogP contribution in [0, 0.1) is 13.8 Å². The quantitative estimate of drug-likeness (QED) is 0.785. The van der Waals surface area contributed by atoms with E-state index in [1.165, 1.54) is 16.8 Å². The van der Waals surface area contributed by atoms with Gasteiger partial charge in [0.1, 0.15) is 0 Å². The second-order valence-electron chi connectivity index (χ2n) is 5.57. The fraction of sp³-hybridized carbons (Fsp3) is 0.571. The maximum atomic E-state index is 9.82. The third kappa shape index (κ3) is 1.94.